The fourth-order valence-corrected chi connectivity index (χ4v) is 5.49. The Morgan fingerprint density at radius 1 is 0.698 bits per heavy atom. The van der Waals surface area contributed by atoms with E-state index in [1.54, 1.807) is 13.8 Å². The normalized spacial score (nSPS) is 14.3. The largest absolute Gasteiger partial charge is 0.479 e. The Hall–Kier alpha value is -1.88. The van der Waals surface area contributed by atoms with Crippen LogP contribution in [-0.2, 0) is 19.2 Å². The Morgan fingerprint density at radius 3 is 1.60 bits per heavy atom. The van der Waals surface area contributed by atoms with Crippen LogP contribution in [0, 0.1) is 5.92 Å². The number of rotatable bonds is 28. The molecule has 10 nitrogen and oxygen atoms in total. The molecule has 2 amide bonds. The molecule has 3 unspecified atom stereocenters. The maximum absolute atomic E-state index is 13.9. The zero-order valence-corrected chi connectivity index (χ0v) is 27.6. The van der Waals surface area contributed by atoms with Crippen LogP contribution in [0.5, 0.6) is 0 Å². The lowest BCUT2D eigenvalue weighted by Crippen LogP contribution is -2.69. The third-order valence-electron chi connectivity index (χ3n) is 8.41. The summed E-state index contributed by atoms with van der Waals surface area (Å²) in [5.74, 6) is -4.33. The minimum absolute atomic E-state index is 0.0457. The lowest BCUT2D eigenvalue weighted by atomic mass is 9.80. The molecule has 0 saturated heterocycles. The second-order valence-corrected chi connectivity index (χ2v) is 12.5. The zero-order valence-electron chi connectivity index (χ0n) is 27.6. The van der Waals surface area contributed by atoms with Gasteiger partial charge in [0.25, 0.3) is 0 Å². The van der Waals surface area contributed by atoms with Gasteiger partial charge in [0, 0.05) is 6.42 Å². The maximum atomic E-state index is 13.9. The van der Waals surface area contributed by atoms with Crippen LogP contribution in [0.15, 0.2) is 0 Å². The highest BCUT2D eigenvalue weighted by Gasteiger charge is 2.56. The molecule has 0 aromatic rings. The number of hydrogen-bond acceptors (Lipinski definition) is 8. The number of nitrogens with zero attached hydrogens (tertiary/aromatic N) is 1. The van der Waals surface area contributed by atoms with E-state index in [2.05, 4.69) is 6.92 Å². The maximum Gasteiger partial charge on any atom is 0.338 e. The number of imide groups is 1. The molecular weight excluding hydrogens is 546 g/mol. The van der Waals surface area contributed by atoms with Gasteiger partial charge in [-0.25, -0.2) is 4.79 Å². The quantitative estimate of drug-likeness (QED) is 0.0610. The van der Waals surface area contributed by atoms with E-state index in [1.807, 2.05) is 0 Å². The van der Waals surface area contributed by atoms with Crippen molar-refractivity contribution in [1.82, 2.24) is 4.90 Å². The number of hydrogen-bond donors (Lipinski definition) is 5. The summed E-state index contributed by atoms with van der Waals surface area (Å²) in [4.78, 5) is 55.0. The molecule has 0 aliphatic carbocycles. The summed E-state index contributed by atoms with van der Waals surface area (Å²) < 4.78 is 0. The molecule has 0 aromatic heterocycles. The smallest absolute Gasteiger partial charge is 0.338 e. The predicted octanol–water partition coefficient (Wildman–Crippen LogP) is 4.78. The molecule has 0 spiro atoms. The zero-order chi connectivity index (χ0) is 32.7. The first-order valence-electron chi connectivity index (χ1n) is 17.1. The molecular formula is C33H65N5O5. The van der Waals surface area contributed by atoms with E-state index in [9.17, 15) is 24.3 Å². The van der Waals surface area contributed by atoms with Crippen LogP contribution in [0.1, 0.15) is 149 Å². The number of carboxylic acids is 1. The first-order chi connectivity index (χ1) is 20.5. The molecule has 0 aliphatic heterocycles. The van der Waals surface area contributed by atoms with Crippen LogP contribution in [0.25, 0.3) is 0 Å². The number of carbonyl (C=O) groups excluding carboxylic acids is 3. The lowest BCUT2D eigenvalue weighted by molar-refractivity contribution is -0.173. The molecule has 0 rings (SSSR count). The Morgan fingerprint density at radius 2 is 1.16 bits per heavy atom. The molecule has 0 radical (unpaired) electrons. The van der Waals surface area contributed by atoms with Gasteiger partial charge >= 0.3 is 5.97 Å². The van der Waals surface area contributed by atoms with E-state index in [4.69, 9.17) is 22.9 Å². The van der Waals surface area contributed by atoms with Crippen LogP contribution in [0.4, 0.5) is 0 Å². The highest BCUT2D eigenvalue weighted by molar-refractivity contribution is 6.17. The molecule has 0 aromatic carbocycles. The summed E-state index contributed by atoms with van der Waals surface area (Å²) in [5, 5.41) is 10.6. The molecule has 0 saturated carbocycles. The number of Topliss-reactive ketones (excluding diaryl/α,β-unsaturated/α-hetero) is 1. The van der Waals surface area contributed by atoms with Gasteiger partial charge in [-0.15, -0.1) is 0 Å². The summed E-state index contributed by atoms with van der Waals surface area (Å²) in [7, 11) is 0. The molecule has 0 fully saturated rings. The van der Waals surface area contributed by atoms with Crippen molar-refractivity contribution in [2.45, 2.75) is 167 Å². The molecule has 252 valence electrons. The fourth-order valence-electron chi connectivity index (χ4n) is 5.49. The van der Waals surface area contributed by atoms with E-state index >= 15 is 0 Å². The molecule has 43 heavy (non-hydrogen) atoms. The van der Waals surface area contributed by atoms with E-state index < -0.39 is 41.2 Å². The van der Waals surface area contributed by atoms with Gasteiger partial charge in [0.2, 0.25) is 17.4 Å². The number of aliphatic carboxylic acids is 1. The lowest BCUT2D eigenvalue weighted by Gasteiger charge is -2.41. The third-order valence-corrected chi connectivity index (χ3v) is 8.41. The Labute approximate surface area is 261 Å². The van der Waals surface area contributed by atoms with Gasteiger partial charge < -0.3 is 28.0 Å². The van der Waals surface area contributed by atoms with Crippen molar-refractivity contribution < 1.29 is 24.3 Å². The first kappa shape index (κ1) is 41.1. The number of nitrogens with two attached hydrogens (primary N) is 4. The van der Waals surface area contributed by atoms with Gasteiger partial charge in [-0.2, -0.15) is 0 Å². The van der Waals surface area contributed by atoms with Crippen molar-refractivity contribution in [2.24, 2.45) is 28.9 Å². The van der Waals surface area contributed by atoms with Crippen molar-refractivity contribution >= 4 is 23.6 Å². The molecule has 0 bridgehead atoms. The fraction of sp³-hybridized carbons (Fsp3) is 0.879. The molecule has 3 atom stereocenters. The molecule has 0 aliphatic rings. The Kier molecular flexibility index (Phi) is 23.4. The van der Waals surface area contributed by atoms with E-state index in [0.717, 1.165) is 25.7 Å². The summed E-state index contributed by atoms with van der Waals surface area (Å²) >= 11 is 0. The van der Waals surface area contributed by atoms with Crippen molar-refractivity contribution in [2.75, 3.05) is 13.1 Å². The molecule has 10 heteroatoms. The summed E-state index contributed by atoms with van der Waals surface area (Å²) in [6.07, 6.45) is 16.4. The average Bonchev–Trinajstić information content (AvgIpc) is 2.97. The van der Waals surface area contributed by atoms with Crippen LogP contribution in [0.2, 0.25) is 0 Å². The number of amides is 2. The Bertz CT molecular complexity index is 794. The van der Waals surface area contributed by atoms with Crippen LogP contribution in [0.3, 0.4) is 0 Å². The summed E-state index contributed by atoms with van der Waals surface area (Å²) in [5.41, 5.74) is 21.2. The standard InChI is InChI=1S/C33H65N5O5/c1-4-5-6-7-8-9-10-11-12-13-14-15-16-22-28(39)38(31(41)29(37)26(2)3)33(32(42)43,23-18-20-25-35)30(40)27(36)21-17-19-24-34/h26-27,29H,4-25,34-37H2,1-3H3,(H,42,43). The van der Waals surface area contributed by atoms with Gasteiger partial charge in [-0.1, -0.05) is 104 Å². The van der Waals surface area contributed by atoms with E-state index in [-0.39, 0.29) is 38.1 Å². The van der Waals surface area contributed by atoms with Gasteiger partial charge in [-0.05, 0) is 57.5 Å². The van der Waals surface area contributed by atoms with Crippen molar-refractivity contribution in [3.8, 4) is 0 Å². The van der Waals surface area contributed by atoms with Crippen LogP contribution >= 0.6 is 0 Å². The highest BCUT2D eigenvalue weighted by Crippen LogP contribution is 2.30. The second-order valence-electron chi connectivity index (χ2n) is 12.5. The molecule has 0 heterocycles. The minimum Gasteiger partial charge on any atom is -0.479 e. The van der Waals surface area contributed by atoms with Gasteiger partial charge in [-0.3, -0.25) is 19.3 Å². The van der Waals surface area contributed by atoms with E-state index in [0.29, 0.717) is 37.1 Å². The van der Waals surface area contributed by atoms with Crippen molar-refractivity contribution in [1.29, 1.82) is 0 Å². The number of carbonyl (C=O) groups is 4. The summed E-state index contributed by atoms with van der Waals surface area (Å²) in [6, 6.07) is -2.32. The van der Waals surface area contributed by atoms with Crippen LogP contribution in [-0.4, -0.2) is 64.3 Å². The van der Waals surface area contributed by atoms with E-state index in [1.165, 1.54) is 51.4 Å². The number of carboxylic acid groups (broad SMARTS) is 1. The van der Waals surface area contributed by atoms with Gasteiger partial charge in [0.1, 0.15) is 0 Å². The minimum atomic E-state index is -2.44. The number of ketones is 1. The van der Waals surface area contributed by atoms with Crippen molar-refractivity contribution in [3.05, 3.63) is 0 Å². The van der Waals surface area contributed by atoms with Crippen LogP contribution < -0.4 is 22.9 Å². The third kappa shape index (κ3) is 15.1. The first-order valence-corrected chi connectivity index (χ1v) is 17.1. The topological polar surface area (TPSA) is 196 Å². The second kappa shape index (κ2) is 24.4. The Balaban J connectivity index is 5.59. The summed E-state index contributed by atoms with van der Waals surface area (Å²) in [6.45, 7) is 6.35. The molecule has 9 N–H and O–H groups in total. The predicted molar refractivity (Wildman–Crippen MR) is 174 cm³/mol. The van der Waals surface area contributed by atoms with Crippen molar-refractivity contribution in [3.63, 3.8) is 0 Å². The number of unbranched alkanes of at least 4 members (excludes halogenated alkanes) is 14. The van der Waals surface area contributed by atoms with Gasteiger partial charge in [0.15, 0.2) is 5.78 Å². The monoisotopic (exact) mass is 611 g/mol. The average molecular weight is 612 g/mol. The SMILES string of the molecule is CCCCCCCCCCCCCCCC(=O)N(C(=O)C(N)C(C)C)C(CCCCN)(C(=O)O)C(=O)C(N)CCCCN. The van der Waals surface area contributed by atoms with Gasteiger partial charge in [0.05, 0.1) is 12.1 Å². The highest BCUT2D eigenvalue weighted by atomic mass is 16.4.